The van der Waals surface area contributed by atoms with Gasteiger partial charge in [-0.2, -0.15) is 0 Å². The predicted octanol–water partition coefficient (Wildman–Crippen LogP) is 16.5. The Balaban J connectivity index is 0.864. The molecule has 1 aliphatic heterocycles. The highest BCUT2D eigenvalue weighted by Crippen LogP contribution is 2.60. The van der Waals surface area contributed by atoms with E-state index < -0.39 is 17.2 Å². The van der Waals surface area contributed by atoms with E-state index >= 15 is 0 Å². The molecule has 0 N–H and O–H groups in total. The van der Waals surface area contributed by atoms with Crippen molar-refractivity contribution in [2.75, 3.05) is 28.4 Å². The van der Waals surface area contributed by atoms with Crippen molar-refractivity contribution in [2.45, 2.75) is 88.8 Å². The van der Waals surface area contributed by atoms with Crippen molar-refractivity contribution in [1.29, 1.82) is 0 Å². The van der Waals surface area contributed by atoms with Crippen LogP contribution in [0.15, 0.2) is 164 Å². The maximum absolute atomic E-state index is 14.2. The van der Waals surface area contributed by atoms with Crippen LogP contribution in [0.4, 0.5) is 0 Å². The molecule has 1 heterocycles. The first-order valence-electron chi connectivity index (χ1n) is 27.4. The van der Waals surface area contributed by atoms with Gasteiger partial charge in [-0.25, -0.2) is 9.59 Å². The number of carbonyl (C=O) groups excluding carboxylic acids is 2. The summed E-state index contributed by atoms with van der Waals surface area (Å²) in [6.45, 7) is 4.40. The fourth-order valence-electron chi connectivity index (χ4n) is 12.3. The fraction of sp³-hybridized carbons (Fsp3) is 0.275. The van der Waals surface area contributed by atoms with E-state index in [-0.39, 0.29) is 11.7 Å². The van der Waals surface area contributed by atoms with Crippen molar-refractivity contribution in [3.63, 3.8) is 0 Å². The van der Waals surface area contributed by atoms with Crippen LogP contribution in [0, 0.1) is 5.92 Å². The van der Waals surface area contributed by atoms with Gasteiger partial charge >= 0.3 is 11.9 Å². The minimum atomic E-state index is -1.08. The van der Waals surface area contributed by atoms with Crippen LogP contribution in [-0.2, 0) is 15.9 Å². The van der Waals surface area contributed by atoms with Gasteiger partial charge < -0.3 is 33.2 Å². The molecule has 8 aromatic carbocycles. The Morgan fingerprint density at radius 2 is 1.17 bits per heavy atom. The maximum Gasteiger partial charge on any atom is 0.343 e. The van der Waals surface area contributed by atoms with E-state index in [1.54, 1.807) is 52.7 Å². The third-order valence-corrected chi connectivity index (χ3v) is 16.7. The van der Waals surface area contributed by atoms with Gasteiger partial charge in [-0.05, 0) is 162 Å². The highest BCUT2D eigenvalue weighted by atomic mass is 16.6. The molecular weight excluding hydrogens is 973 g/mol. The van der Waals surface area contributed by atoms with Crippen LogP contribution in [0.25, 0.3) is 39.1 Å². The first-order valence-corrected chi connectivity index (χ1v) is 27.4. The molecular formula is C69H66O9. The third-order valence-electron chi connectivity index (χ3n) is 16.7. The summed E-state index contributed by atoms with van der Waals surface area (Å²) in [5.41, 5.74) is 8.73. The van der Waals surface area contributed by atoms with Gasteiger partial charge in [0.25, 0.3) is 0 Å². The van der Waals surface area contributed by atoms with Crippen LogP contribution < -0.4 is 28.4 Å². The summed E-state index contributed by atoms with van der Waals surface area (Å²) in [4.78, 5) is 27.5. The lowest BCUT2D eigenvalue weighted by Gasteiger charge is -2.39. The van der Waals surface area contributed by atoms with E-state index in [2.05, 4.69) is 50.3 Å². The molecule has 0 saturated heterocycles. The second-order valence-corrected chi connectivity index (χ2v) is 20.8. The fourth-order valence-corrected chi connectivity index (χ4v) is 12.3. The molecule has 2 aliphatic carbocycles. The number of fused-ring (bicyclic) bond motifs is 8. The van der Waals surface area contributed by atoms with E-state index in [4.69, 9.17) is 33.2 Å². The number of unbranched alkanes of at least 4 members (excludes halogenated alkanes) is 2. The van der Waals surface area contributed by atoms with Crippen molar-refractivity contribution in [3.05, 3.63) is 208 Å². The molecule has 9 heteroatoms. The Morgan fingerprint density at radius 3 is 1.76 bits per heavy atom. The zero-order valence-electron chi connectivity index (χ0n) is 45.4. The number of carbonyl (C=O) groups is 2. The van der Waals surface area contributed by atoms with Crippen LogP contribution in [-0.4, -0.2) is 40.4 Å². The average molecular weight is 1040 g/mol. The Bertz CT molecular complexity index is 3440. The number of methoxy groups -OCH3 is 4. The molecule has 1 atom stereocenters. The molecule has 1 saturated carbocycles. The first kappa shape index (κ1) is 51.9. The lowest BCUT2D eigenvalue weighted by Crippen LogP contribution is -2.35. The lowest BCUT2D eigenvalue weighted by atomic mass is 9.77. The molecule has 0 aromatic heterocycles. The molecule has 0 radical (unpaired) electrons. The quantitative estimate of drug-likeness (QED) is 0.0501. The zero-order valence-corrected chi connectivity index (χ0v) is 45.4. The Labute approximate surface area is 457 Å². The predicted molar refractivity (Wildman–Crippen MR) is 308 cm³/mol. The summed E-state index contributed by atoms with van der Waals surface area (Å²) in [5, 5.41) is 1.58. The molecule has 11 rings (SSSR count). The monoisotopic (exact) mass is 1040 g/mol. The summed E-state index contributed by atoms with van der Waals surface area (Å²) in [5.74, 6) is 3.61. The number of benzene rings is 8. The van der Waals surface area contributed by atoms with Crippen molar-refractivity contribution in [1.82, 2.24) is 0 Å². The van der Waals surface area contributed by atoms with E-state index in [1.807, 2.05) is 109 Å². The van der Waals surface area contributed by atoms with Gasteiger partial charge in [-0.3, -0.25) is 0 Å². The second-order valence-electron chi connectivity index (χ2n) is 20.8. The number of ether oxygens (including phenoxy) is 7. The van der Waals surface area contributed by atoms with Gasteiger partial charge in [0, 0.05) is 34.7 Å². The van der Waals surface area contributed by atoms with Crippen LogP contribution in [0.5, 0.6) is 34.5 Å². The minimum absolute atomic E-state index is 0.254. The van der Waals surface area contributed by atoms with Crippen molar-refractivity contribution in [2.24, 2.45) is 5.92 Å². The topological polar surface area (TPSA) is 98.8 Å². The number of rotatable bonds is 17. The van der Waals surface area contributed by atoms with E-state index in [1.165, 1.54) is 56.9 Å². The van der Waals surface area contributed by atoms with Gasteiger partial charge in [0.05, 0.1) is 32.5 Å². The summed E-state index contributed by atoms with van der Waals surface area (Å²) in [6, 6.07) is 50.6. The number of hydrogen-bond donors (Lipinski definition) is 0. The normalized spacial score (nSPS) is 17.8. The highest BCUT2D eigenvalue weighted by molar-refractivity contribution is 6.10. The van der Waals surface area contributed by atoms with Crippen molar-refractivity contribution in [3.8, 4) is 56.8 Å². The van der Waals surface area contributed by atoms with E-state index in [0.29, 0.717) is 40.7 Å². The summed E-state index contributed by atoms with van der Waals surface area (Å²) >= 11 is 0. The van der Waals surface area contributed by atoms with Crippen LogP contribution in [0.3, 0.4) is 0 Å². The first-order chi connectivity index (χ1) is 38.1. The molecule has 78 heavy (non-hydrogen) atoms. The van der Waals surface area contributed by atoms with Gasteiger partial charge in [0.15, 0.2) is 17.1 Å². The summed E-state index contributed by atoms with van der Waals surface area (Å²) in [6.07, 6.45) is 15.2. The standard InChI is InChI=1S/C69H66O9/c1-7-9-10-13-44-16-18-45(19-17-44)46-20-24-49(25-21-46)66(70)76-55-34-28-48(29-35-55)47-22-26-50(27-23-47)67(71)77-62-42-58-59(43-61(62)74-5)65-57(64-63(58)56-14-11-12-15-60(56)68(64,8-2)75-6)40-41-69(78-65,51-30-36-53(72-3)37-31-51)52-32-38-54(73-4)39-33-52/h11-12,14-15,20-45H,7-10,13,16-19H2,1-6H3. The third kappa shape index (κ3) is 9.48. The minimum Gasteiger partial charge on any atom is -0.497 e. The lowest BCUT2D eigenvalue weighted by molar-refractivity contribution is 0.0219. The molecule has 0 spiro atoms. The van der Waals surface area contributed by atoms with E-state index in [9.17, 15) is 9.59 Å². The van der Waals surface area contributed by atoms with Crippen molar-refractivity contribution >= 4 is 28.8 Å². The van der Waals surface area contributed by atoms with Gasteiger partial charge in [-0.1, -0.05) is 131 Å². The Morgan fingerprint density at radius 1 is 0.590 bits per heavy atom. The Kier molecular flexibility index (Phi) is 14.7. The second kappa shape index (κ2) is 22.1. The van der Waals surface area contributed by atoms with Crippen LogP contribution in [0.1, 0.15) is 132 Å². The molecule has 8 aromatic rings. The van der Waals surface area contributed by atoms with Gasteiger partial charge in [0.2, 0.25) is 0 Å². The summed E-state index contributed by atoms with van der Waals surface area (Å²) < 4.78 is 43.6. The highest BCUT2D eigenvalue weighted by Gasteiger charge is 2.48. The van der Waals surface area contributed by atoms with E-state index in [0.717, 1.165) is 78.3 Å². The molecule has 1 fully saturated rings. The van der Waals surface area contributed by atoms with Crippen molar-refractivity contribution < 1.29 is 42.7 Å². The SMILES string of the molecule is CCCCCC1CCC(c2ccc(C(=O)Oc3ccc(-c4ccc(C(=O)Oc5cc6c7c(c8c(c6cc5OC)OC(c5ccc(OC)cc5)(c5ccc(OC)cc5)C=C8)C(CC)(OC)c5ccccc5-7)cc4)cc3)cc2)CC1. The van der Waals surface area contributed by atoms with Crippen LogP contribution in [0.2, 0.25) is 0 Å². The molecule has 0 bridgehead atoms. The zero-order chi connectivity index (χ0) is 54.0. The van der Waals surface area contributed by atoms with Crippen LogP contribution >= 0.6 is 0 Å². The molecule has 396 valence electrons. The molecule has 3 aliphatic rings. The maximum atomic E-state index is 14.2. The van der Waals surface area contributed by atoms with Gasteiger partial charge in [-0.15, -0.1) is 0 Å². The Hall–Kier alpha value is -8.14. The average Bonchev–Trinajstić information content (AvgIpc) is 3.39. The number of hydrogen-bond acceptors (Lipinski definition) is 9. The largest absolute Gasteiger partial charge is 0.497 e. The molecule has 1 unspecified atom stereocenters. The molecule has 9 nitrogen and oxygen atoms in total. The number of esters is 2. The summed E-state index contributed by atoms with van der Waals surface area (Å²) in [7, 11) is 6.63. The smallest absolute Gasteiger partial charge is 0.343 e. The molecule has 0 amide bonds. The van der Waals surface area contributed by atoms with Gasteiger partial charge in [0.1, 0.15) is 28.6 Å².